The number of ether oxygens (including phenoxy) is 1. The molecule has 0 saturated carbocycles. The summed E-state index contributed by atoms with van der Waals surface area (Å²) >= 11 is 5.53. The van der Waals surface area contributed by atoms with Gasteiger partial charge < -0.3 is 10.1 Å². The van der Waals surface area contributed by atoms with E-state index >= 15 is 0 Å². The molecule has 0 aliphatic carbocycles. The Morgan fingerprint density at radius 3 is 1.64 bits per heavy atom. The number of alkyl halides is 1. The second kappa shape index (κ2) is 17.6. The van der Waals surface area contributed by atoms with Crippen molar-refractivity contribution in [2.75, 3.05) is 23.3 Å². The van der Waals surface area contributed by atoms with Crippen molar-refractivity contribution in [3.63, 3.8) is 0 Å². The lowest BCUT2D eigenvalue weighted by Crippen LogP contribution is -2.31. The molecule has 188 valence electrons. The van der Waals surface area contributed by atoms with Gasteiger partial charge in [-0.1, -0.05) is 97.1 Å². The summed E-state index contributed by atoms with van der Waals surface area (Å²) in [5, 5.41) is 3.21. The number of nitrogens with one attached hydrogen (secondary N) is 1. The molecule has 0 fully saturated rings. The molecule has 0 radical (unpaired) electrons. The monoisotopic (exact) mass is 502 g/mol. The van der Waals surface area contributed by atoms with E-state index in [0.29, 0.717) is 19.0 Å². The van der Waals surface area contributed by atoms with Crippen LogP contribution in [0.3, 0.4) is 0 Å². The van der Waals surface area contributed by atoms with Gasteiger partial charge >= 0.3 is 6.09 Å². The first-order chi connectivity index (χ1) is 17.7. The first kappa shape index (κ1) is 28.5. The van der Waals surface area contributed by atoms with E-state index in [9.17, 15) is 4.79 Å². The maximum atomic E-state index is 12.1. The number of nitrogens with zero attached hydrogens (tertiary/aromatic N) is 1. The van der Waals surface area contributed by atoms with Gasteiger partial charge in [0, 0.05) is 30.3 Å². The lowest BCUT2D eigenvalue weighted by atomic mass is 10.2. The first-order valence-electron chi connectivity index (χ1n) is 12.1. The molecular formula is C31H35ClN2O2. The minimum atomic E-state index is -0.322. The van der Waals surface area contributed by atoms with Gasteiger partial charge in [0.15, 0.2) is 0 Å². The van der Waals surface area contributed by atoms with E-state index in [-0.39, 0.29) is 6.09 Å². The van der Waals surface area contributed by atoms with E-state index in [1.54, 1.807) is 4.90 Å². The van der Waals surface area contributed by atoms with Crippen molar-refractivity contribution in [2.24, 2.45) is 0 Å². The highest BCUT2D eigenvalue weighted by atomic mass is 35.5. The molecule has 1 N–H and O–H groups in total. The topological polar surface area (TPSA) is 41.6 Å². The summed E-state index contributed by atoms with van der Waals surface area (Å²) in [5.41, 5.74) is 4.21. The smallest absolute Gasteiger partial charge is 0.414 e. The van der Waals surface area contributed by atoms with Crippen LogP contribution in [0.4, 0.5) is 16.2 Å². The Hall–Kier alpha value is -3.76. The van der Waals surface area contributed by atoms with Crippen LogP contribution in [0.1, 0.15) is 25.0 Å². The Morgan fingerprint density at radius 2 is 1.19 bits per heavy atom. The molecule has 36 heavy (non-hydrogen) atoms. The van der Waals surface area contributed by atoms with Gasteiger partial charge in [-0.3, -0.25) is 4.90 Å². The number of amides is 1. The van der Waals surface area contributed by atoms with E-state index < -0.39 is 0 Å². The van der Waals surface area contributed by atoms with Gasteiger partial charge in [-0.2, -0.15) is 0 Å². The first-order valence-corrected chi connectivity index (χ1v) is 12.6. The van der Waals surface area contributed by atoms with Crippen molar-refractivity contribution in [3.8, 4) is 0 Å². The molecule has 0 aromatic heterocycles. The van der Waals surface area contributed by atoms with Gasteiger partial charge in [-0.25, -0.2) is 4.79 Å². The minimum Gasteiger partial charge on any atom is -0.444 e. The number of hydrogen-bond acceptors (Lipinski definition) is 3. The third-order valence-corrected chi connectivity index (χ3v) is 5.27. The van der Waals surface area contributed by atoms with Crippen LogP contribution in [0.15, 0.2) is 121 Å². The molecule has 4 rings (SSSR count). The largest absolute Gasteiger partial charge is 0.444 e. The average Bonchev–Trinajstić information content (AvgIpc) is 2.95. The van der Waals surface area contributed by atoms with Crippen molar-refractivity contribution in [3.05, 3.63) is 132 Å². The standard InChI is InChI=1S/C16H17NO2.C8H11N.C7H7Cl/c1-2-17(15-11-7-4-8-12-15)16(18)19-13-14-9-5-3-6-10-14;1-2-9-8-6-4-3-5-7-8;8-6-7-4-2-1-3-5-7/h3-12H,2,13H2,1H3;3-7,9H,2H2,1H3;1-5H,6H2. The highest BCUT2D eigenvalue weighted by Crippen LogP contribution is 2.14. The van der Waals surface area contributed by atoms with Gasteiger partial charge in [-0.15, -0.1) is 11.6 Å². The highest BCUT2D eigenvalue weighted by molar-refractivity contribution is 6.17. The van der Waals surface area contributed by atoms with Crippen molar-refractivity contribution < 1.29 is 9.53 Å². The van der Waals surface area contributed by atoms with E-state index in [4.69, 9.17) is 16.3 Å². The lowest BCUT2D eigenvalue weighted by Gasteiger charge is -2.20. The third kappa shape index (κ3) is 11.1. The predicted octanol–water partition coefficient (Wildman–Crippen LogP) is 8.39. The molecule has 0 aliphatic rings. The summed E-state index contributed by atoms with van der Waals surface area (Å²) in [6.07, 6.45) is -0.322. The molecule has 0 aliphatic heterocycles. The van der Waals surface area contributed by atoms with Crippen LogP contribution in [-0.4, -0.2) is 19.2 Å². The second-order valence-electron chi connectivity index (χ2n) is 7.64. The average molecular weight is 503 g/mol. The maximum absolute atomic E-state index is 12.1. The Kier molecular flexibility index (Phi) is 14.0. The molecule has 0 heterocycles. The number of rotatable bonds is 7. The van der Waals surface area contributed by atoms with Gasteiger partial charge in [0.2, 0.25) is 0 Å². The predicted molar refractivity (Wildman–Crippen MR) is 153 cm³/mol. The Labute approximate surface area is 220 Å². The van der Waals surface area contributed by atoms with Gasteiger partial charge in [0.25, 0.3) is 0 Å². The van der Waals surface area contributed by atoms with Crippen molar-refractivity contribution in [1.82, 2.24) is 0 Å². The molecule has 0 unspecified atom stereocenters. The summed E-state index contributed by atoms with van der Waals surface area (Å²) in [6.45, 7) is 5.88. The van der Waals surface area contributed by atoms with Crippen LogP contribution in [-0.2, 0) is 17.2 Å². The summed E-state index contributed by atoms with van der Waals surface area (Å²) in [7, 11) is 0. The fraction of sp³-hybridized carbons (Fsp3) is 0.194. The molecule has 4 aromatic rings. The number of benzene rings is 4. The highest BCUT2D eigenvalue weighted by Gasteiger charge is 2.14. The normalized spacial score (nSPS) is 9.53. The van der Waals surface area contributed by atoms with Crippen molar-refractivity contribution >= 4 is 29.1 Å². The van der Waals surface area contributed by atoms with E-state index in [2.05, 4.69) is 24.4 Å². The van der Waals surface area contributed by atoms with Gasteiger partial charge in [-0.05, 0) is 49.2 Å². The number of hydrogen-bond donors (Lipinski definition) is 1. The van der Waals surface area contributed by atoms with Crippen LogP contribution in [0.5, 0.6) is 0 Å². The lowest BCUT2D eigenvalue weighted by molar-refractivity contribution is 0.147. The Balaban J connectivity index is 0.000000221. The summed E-state index contributed by atoms with van der Waals surface area (Å²) < 4.78 is 5.32. The van der Waals surface area contributed by atoms with Crippen LogP contribution >= 0.6 is 11.6 Å². The zero-order valence-corrected chi connectivity index (χ0v) is 21.8. The SMILES string of the molecule is CCN(C(=O)OCc1ccccc1)c1ccccc1.CCNc1ccccc1.ClCc1ccccc1. The summed E-state index contributed by atoms with van der Waals surface area (Å²) in [4.78, 5) is 13.7. The number of para-hydroxylation sites is 2. The quantitative estimate of drug-likeness (QED) is 0.258. The second-order valence-corrected chi connectivity index (χ2v) is 7.90. The molecule has 4 nitrogen and oxygen atoms in total. The fourth-order valence-corrected chi connectivity index (χ4v) is 3.33. The number of carbonyl (C=O) groups excluding carboxylic acids is 1. The number of halogens is 1. The zero-order chi connectivity index (χ0) is 25.8. The fourth-order valence-electron chi connectivity index (χ4n) is 3.15. The van der Waals surface area contributed by atoms with Crippen LogP contribution in [0.25, 0.3) is 0 Å². The van der Waals surface area contributed by atoms with Crippen LogP contribution in [0.2, 0.25) is 0 Å². The molecule has 0 saturated heterocycles. The molecule has 1 amide bonds. The summed E-state index contributed by atoms with van der Waals surface area (Å²) in [5.74, 6) is 0.612. The van der Waals surface area contributed by atoms with E-state index in [0.717, 1.165) is 17.8 Å². The summed E-state index contributed by atoms with van der Waals surface area (Å²) in [6, 6.07) is 39.3. The maximum Gasteiger partial charge on any atom is 0.414 e. The van der Waals surface area contributed by atoms with Gasteiger partial charge in [0.05, 0.1) is 0 Å². The van der Waals surface area contributed by atoms with E-state index in [1.165, 1.54) is 11.3 Å². The van der Waals surface area contributed by atoms with Crippen molar-refractivity contribution in [2.45, 2.75) is 26.3 Å². The zero-order valence-electron chi connectivity index (χ0n) is 21.0. The molecule has 4 aromatic carbocycles. The minimum absolute atomic E-state index is 0.295. The third-order valence-electron chi connectivity index (χ3n) is 4.96. The molecule has 0 atom stereocenters. The van der Waals surface area contributed by atoms with E-state index in [1.807, 2.05) is 116 Å². The molecule has 0 spiro atoms. The molecule has 5 heteroatoms. The number of carbonyl (C=O) groups is 1. The number of anilines is 2. The van der Waals surface area contributed by atoms with Gasteiger partial charge in [0.1, 0.15) is 6.61 Å². The molecular weight excluding hydrogens is 468 g/mol. The Bertz CT molecular complexity index is 1080. The Morgan fingerprint density at radius 1 is 0.722 bits per heavy atom. The van der Waals surface area contributed by atoms with Crippen LogP contribution in [0, 0.1) is 0 Å². The van der Waals surface area contributed by atoms with Crippen molar-refractivity contribution in [1.29, 1.82) is 0 Å². The van der Waals surface area contributed by atoms with Crippen LogP contribution < -0.4 is 10.2 Å². The molecule has 0 bridgehead atoms.